The second-order valence-electron chi connectivity index (χ2n) is 4.44. The molecule has 1 saturated heterocycles. The molecule has 0 bridgehead atoms. The molecule has 1 aromatic rings. The van der Waals surface area contributed by atoms with Gasteiger partial charge in [0.15, 0.2) is 0 Å². The van der Waals surface area contributed by atoms with Crippen LogP contribution in [0.2, 0.25) is 0 Å². The molecule has 4 nitrogen and oxygen atoms in total. The van der Waals surface area contributed by atoms with Crippen LogP contribution in [0.5, 0.6) is 5.75 Å². The van der Waals surface area contributed by atoms with Gasteiger partial charge in [-0.25, -0.2) is 0 Å². The van der Waals surface area contributed by atoms with Crippen molar-refractivity contribution in [1.82, 2.24) is 4.90 Å². The van der Waals surface area contributed by atoms with Gasteiger partial charge in [-0.05, 0) is 24.1 Å². The Balaban J connectivity index is 2.23. The fourth-order valence-corrected chi connectivity index (χ4v) is 2.87. The highest BCUT2D eigenvalue weighted by atomic mass is 79.9. The Bertz CT molecular complexity index is 464. The van der Waals surface area contributed by atoms with Crippen LogP contribution in [0, 0.1) is 0 Å². The van der Waals surface area contributed by atoms with Gasteiger partial charge in [0.2, 0.25) is 5.91 Å². The van der Waals surface area contributed by atoms with Gasteiger partial charge >= 0.3 is 0 Å². The lowest BCUT2D eigenvalue weighted by Gasteiger charge is -2.26. The van der Waals surface area contributed by atoms with Crippen LogP contribution >= 0.6 is 15.9 Å². The standard InChI is InChI=1S/C13H16BrNO3/c1-15-11(5-6-12(15)16)13(17)9-4-3-8(18-2)7-10(9)14/h3-4,7,11,13,17H,5-6H2,1-2H3/t11-,13-/m0/s1. The van der Waals surface area contributed by atoms with Crippen LogP contribution in [-0.4, -0.2) is 36.1 Å². The summed E-state index contributed by atoms with van der Waals surface area (Å²) in [7, 11) is 3.34. The molecule has 1 amide bonds. The summed E-state index contributed by atoms with van der Waals surface area (Å²) in [5.74, 6) is 0.817. The zero-order valence-electron chi connectivity index (χ0n) is 10.4. The Labute approximate surface area is 115 Å². The number of aliphatic hydroxyl groups excluding tert-OH is 1. The first kappa shape index (κ1) is 13.4. The van der Waals surface area contributed by atoms with E-state index < -0.39 is 6.10 Å². The van der Waals surface area contributed by atoms with Crippen molar-refractivity contribution in [2.24, 2.45) is 0 Å². The van der Waals surface area contributed by atoms with E-state index >= 15 is 0 Å². The third-order valence-corrected chi connectivity index (χ3v) is 4.12. The lowest BCUT2D eigenvalue weighted by atomic mass is 10.0. The average molecular weight is 314 g/mol. The summed E-state index contributed by atoms with van der Waals surface area (Å²) in [6, 6.07) is 5.29. The molecule has 18 heavy (non-hydrogen) atoms. The van der Waals surface area contributed by atoms with E-state index in [1.165, 1.54) is 0 Å². The van der Waals surface area contributed by atoms with Crippen LogP contribution in [-0.2, 0) is 4.79 Å². The lowest BCUT2D eigenvalue weighted by Crippen LogP contribution is -2.33. The van der Waals surface area contributed by atoms with E-state index in [-0.39, 0.29) is 11.9 Å². The molecule has 2 atom stereocenters. The number of halogens is 1. The molecular formula is C13H16BrNO3. The molecule has 1 fully saturated rings. The number of likely N-dealkylation sites (N-methyl/N-ethyl adjacent to an activating group) is 1. The second kappa shape index (κ2) is 5.28. The van der Waals surface area contributed by atoms with Crippen molar-refractivity contribution < 1.29 is 14.6 Å². The number of likely N-dealkylation sites (tertiary alicyclic amines) is 1. The maximum absolute atomic E-state index is 11.5. The summed E-state index contributed by atoms with van der Waals surface area (Å²) < 4.78 is 5.91. The quantitative estimate of drug-likeness (QED) is 0.930. The van der Waals surface area contributed by atoms with Crippen molar-refractivity contribution in [3.8, 4) is 5.75 Å². The van der Waals surface area contributed by atoms with Gasteiger partial charge in [-0.3, -0.25) is 4.79 Å². The molecule has 0 radical (unpaired) electrons. The molecule has 0 saturated carbocycles. The third kappa shape index (κ3) is 2.37. The van der Waals surface area contributed by atoms with Crippen LogP contribution in [0.1, 0.15) is 24.5 Å². The molecule has 0 spiro atoms. The van der Waals surface area contributed by atoms with E-state index in [2.05, 4.69) is 15.9 Å². The predicted octanol–water partition coefficient (Wildman–Crippen LogP) is 2.11. The SMILES string of the molecule is COc1ccc([C@H](O)[C@@H]2CCC(=O)N2C)c(Br)c1. The molecule has 0 unspecified atom stereocenters. The highest BCUT2D eigenvalue weighted by molar-refractivity contribution is 9.10. The van der Waals surface area contributed by atoms with Crippen LogP contribution in [0.15, 0.2) is 22.7 Å². The van der Waals surface area contributed by atoms with E-state index in [9.17, 15) is 9.90 Å². The summed E-state index contributed by atoms with van der Waals surface area (Å²) in [5.41, 5.74) is 0.780. The van der Waals surface area contributed by atoms with Crippen LogP contribution in [0.25, 0.3) is 0 Å². The lowest BCUT2D eigenvalue weighted by molar-refractivity contribution is -0.128. The van der Waals surface area contributed by atoms with Gasteiger partial charge in [0.05, 0.1) is 13.2 Å². The minimum absolute atomic E-state index is 0.0867. The van der Waals surface area contributed by atoms with Gasteiger partial charge in [-0.2, -0.15) is 0 Å². The average Bonchev–Trinajstić information content (AvgIpc) is 2.69. The number of hydrogen-bond donors (Lipinski definition) is 1. The monoisotopic (exact) mass is 313 g/mol. The van der Waals surface area contributed by atoms with Gasteiger partial charge in [0, 0.05) is 17.9 Å². The van der Waals surface area contributed by atoms with Gasteiger partial charge in [-0.1, -0.05) is 22.0 Å². The first-order valence-corrected chi connectivity index (χ1v) is 6.61. The number of hydrogen-bond acceptors (Lipinski definition) is 3. The number of aliphatic hydroxyl groups is 1. The molecule has 2 rings (SSSR count). The second-order valence-corrected chi connectivity index (χ2v) is 5.30. The summed E-state index contributed by atoms with van der Waals surface area (Å²) in [5, 5.41) is 10.4. The van der Waals surface area contributed by atoms with Gasteiger partial charge in [0.25, 0.3) is 0 Å². The zero-order valence-corrected chi connectivity index (χ0v) is 12.0. The van der Waals surface area contributed by atoms with Crippen LogP contribution < -0.4 is 4.74 Å². The molecule has 1 aliphatic heterocycles. The number of carbonyl (C=O) groups is 1. The van der Waals surface area contributed by atoms with Crippen molar-refractivity contribution in [2.45, 2.75) is 25.0 Å². The molecule has 98 valence electrons. The first-order chi connectivity index (χ1) is 8.54. The number of benzene rings is 1. The van der Waals surface area contributed by atoms with Crippen molar-refractivity contribution in [1.29, 1.82) is 0 Å². The number of rotatable bonds is 3. The maximum atomic E-state index is 11.5. The Morgan fingerprint density at radius 1 is 1.56 bits per heavy atom. The van der Waals surface area contributed by atoms with E-state index in [0.29, 0.717) is 12.8 Å². The summed E-state index contributed by atoms with van der Waals surface area (Å²) in [6.07, 6.45) is 0.516. The molecule has 1 aliphatic rings. The highest BCUT2D eigenvalue weighted by Crippen LogP contribution is 2.34. The van der Waals surface area contributed by atoms with Crippen LogP contribution in [0.3, 0.4) is 0 Å². The molecule has 0 aromatic heterocycles. The Kier molecular flexibility index (Phi) is 3.92. The van der Waals surface area contributed by atoms with Crippen molar-refractivity contribution in [3.63, 3.8) is 0 Å². The van der Waals surface area contributed by atoms with Gasteiger partial charge in [-0.15, -0.1) is 0 Å². The predicted molar refractivity (Wildman–Crippen MR) is 71.4 cm³/mol. The Morgan fingerprint density at radius 3 is 2.78 bits per heavy atom. The molecule has 1 heterocycles. The number of nitrogens with zero attached hydrogens (tertiary/aromatic N) is 1. The molecule has 1 N–H and O–H groups in total. The van der Waals surface area contributed by atoms with Gasteiger partial charge in [0.1, 0.15) is 11.9 Å². The van der Waals surface area contributed by atoms with E-state index in [1.54, 1.807) is 25.1 Å². The molecule has 1 aromatic carbocycles. The maximum Gasteiger partial charge on any atom is 0.222 e. The third-order valence-electron chi connectivity index (χ3n) is 3.44. The van der Waals surface area contributed by atoms with E-state index in [1.807, 2.05) is 12.1 Å². The Hall–Kier alpha value is -1.07. The van der Waals surface area contributed by atoms with Crippen molar-refractivity contribution in [2.75, 3.05) is 14.2 Å². The summed E-state index contributed by atoms with van der Waals surface area (Å²) >= 11 is 3.43. The fraction of sp³-hybridized carbons (Fsp3) is 0.462. The number of carbonyl (C=O) groups excluding carboxylic acids is 1. The van der Waals surface area contributed by atoms with E-state index in [0.717, 1.165) is 15.8 Å². The molecule has 0 aliphatic carbocycles. The summed E-state index contributed by atoms with van der Waals surface area (Å²) in [6.45, 7) is 0. The number of amides is 1. The zero-order chi connectivity index (χ0) is 13.3. The highest BCUT2D eigenvalue weighted by Gasteiger charge is 2.34. The van der Waals surface area contributed by atoms with Crippen LogP contribution in [0.4, 0.5) is 0 Å². The normalized spacial score (nSPS) is 21.2. The van der Waals surface area contributed by atoms with E-state index in [4.69, 9.17) is 4.74 Å². The molecular weight excluding hydrogens is 298 g/mol. The fourth-order valence-electron chi connectivity index (χ4n) is 2.28. The Morgan fingerprint density at radius 2 is 2.28 bits per heavy atom. The first-order valence-electron chi connectivity index (χ1n) is 5.81. The minimum atomic E-state index is -0.679. The van der Waals surface area contributed by atoms with Gasteiger partial charge < -0.3 is 14.7 Å². The molecule has 5 heteroatoms. The summed E-state index contributed by atoms with van der Waals surface area (Å²) in [4.78, 5) is 13.1. The smallest absolute Gasteiger partial charge is 0.222 e. The largest absolute Gasteiger partial charge is 0.497 e. The minimum Gasteiger partial charge on any atom is -0.497 e. The van der Waals surface area contributed by atoms with Crippen molar-refractivity contribution >= 4 is 21.8 Å². The number of ether oxygens (including phenoxy) is 1. The topological polar surface area (TPSA) is 49.8 Å². The number of methoxy groups -OCH3 is 1. The van der Waals surface area contributed by atoms with Crippen molar-refractivity contribution in [3.05, 3.63) is 28.2 Å².